The highest BCUT2D eigenvalue weighted by molar-refractivity contribution is 7.99. The number of fused-ring (bicyclic) bond motifs is 2. The highest BCUT2D eigenvalue weighted by Gasteiger charge is 2.47. The second kappa shape index (κ2) is 9.48. The first-order valence-corrected chi connectivity index (χ1v) is 11.3. The number of aliphatic hydroxyl groups is 2. The Morgan fingerprint density at radius 2 is 1.92 bits per heavy atom. The summed E-state index contributed by atoms with van der Waals surface area (Å²) in [5.41, 5.74) is 0. The Kier molecular flexibility index (Phi) is 7.32. The highest BCUT2D eigenvalue weighted by atomic mass is 32.2. The topological polar surface area (TPSA) is 49.7 Å². The molecule has 0 radical (unpaired) electrons. The maximum atomic E-state index is 10.5. The van der Waals surface area contributed by atoms with Gasteiger partial charge in [-0.15, -0.1) is 0 Å². The molecule has 142 valence electrons. The van der Waals surface area contributed by atoms with Gasteiger partial charge in [0.05, 0.1) is 24.1 Å². The molecule has 3 rings (SSSR count). The first kappa shape index (κ1) is 19.3. The number of hydrogen-bond donors (Lipinski definition) is 2. The largest absolute Gasteiger partial charge is 0.513 e. The molecule has 1 aliphatic carbocycles. The molecule has 3 nitrogen and oxygen atoms in total. The molecular weight excluding hydrogens is 332 g/mol. The van der Waals surface area contributed by atoms with Crippen LogP contribution in [0.4, 0.5) is 0 Å². The van der Waals surface area contributed by atoms with Gasteiger partial charge in [0.15, 0.2) is 0 Å². The van der Waals surface area contributed by atoms with Crippen LogP contribution < -0.4 is 0 Å². The van der Waals surface area contributed by atoms with Gasteiger partial charge in [0.25, 0.3) is 0 Å². The minimum Gasteiger partial charge on any atom is -0.513 e. The minimum atomic E-state index is -0.315. The van der Waals surface area contributed by atoms with Crippen LogP contribution in [-0.4, -0.2) is 40.0 Å². The van der Waals surface area contributed by atoms with E-state index in [-0.39, 0.29) is 18.3 Å². The maximum absolute atomic E-state index is 10.5. The predicted octanol–water partition coefficient (Wildman–Crippen LogP) is 4.86. The first-order valence-electron chi connectivity index (χ1n) is 10.2. The summed E-state index contributed by atoms with van der Waals surface area (Å²) in [5.74, 6) is 3.59. The van der Waals surface area contributed by atoms with Crippen molar-refractivity contribution in [1.82, 2.24) is 0 Å². The average Bonchev–Trinajstić information content (AvgIpc) is 3.22. The second-order valence-corrected chi connectivity index (χ2v) is 9.18. The first-order chi connectivity index (χ1) is 12.2. The third-order valence-electron chi connectivity index (χ3n) is 6.24. The van der Waals surface area contributed by atoms with Crippen molar-refractivity contribution in [2.75, 3.05) is 11.5 Å². The summed E-state index contributed by atoms with van der Waals surface area (Å²) < 4.78 is 6.13. The van der Waals surface area contributed by atoms with E-state index in [0.717, 1.165) is 37.2 Å². The zero-order chi connectivity index (χ0) is 17.6. The van der Waals surface area contributed by atoms with E-state index in [0.29, 0.717) is 29.9 Å². The van der Waals surface area contributed by atoms with E-state index in [1.165, 1.54) is 19.3 Å². The fourth-order valence-corrected chi connectivity index (χ4v) is 5.36. The standard InChI is InChI=1S/C21H34O3S/c1-2-25-13-12-16(22)14-18-17(20-10-11-21(18)24-20)8-9-19(23)15-6-4-3-5-7-15/h8-9,12,15,17-23H,2-7,10-11,13-14H2,1H3/b9-8+,16-12+/t17-,18+,19?,20-,21+/m0/s1. The molecule has 3 aliphatic rings. The Morgan fingerprint density at radius 1 is 1.16 bits per heavy atom. The van der Waals surface area contributed by atoms with Crippen molar-refractivity contribution in [2.45, 2.75) is 76.6 Å². The summed E-state index contributed by atoms with van der Waals surface area (Å²) in [4.78, 5) is 0. The molecule has 2 N–H and O–H groups in total. The van der Waals surface area contributed by atoms with Gasteiger partial charge >= 0.3 is 0 Å². The fraction of sp³-hybridized carbons (Fsp3) is 0.810. The lowest BCUT2D eigenvalue weighted by atomic mass is 9.76. The highest BCUT2D eigenvalue weighted by Crippen LogP contribution is 2.46. The van der Waals surface area contributed by atoms with E-state index >= 15 is 0 Å². The Morgan fingerprint density at radius 3 is 2.68 bits per heavy atom. The Hall–Kier alpha value is -0.450. The van der Waals surface area contributed by atoms with Crippen LogP contribution in [0.25, 0.3) is 0 Å². The van der Waals surface area contributed by atoms with Crippen LogP contribution >= 0.6 is 11.8 Å². The number of thioether (sulfide) groups is 1. The Labute approximate surface area is 156 Å². The van der Waals surface area contributed by atoms with Crippen molar-refractivity contribution in [3.8, 4) is 0 Å². The molecule has 0 amide bonds. The van der Waals surface area contributed by atoms with Gasteiger partial charge in [0.1, 0.15) is 0 Å². The van der Waals surface area contributed by atoms with Crippen LogP contribution in [0.1, 0.15) is 58.3 Å². The molecule has 2 heterocycles. The summed E-state index contributed by atoms with van der Waals surface area (Å²) in [6.07, 6.45) is 15.5. The molecule has 1 unspecified atom stereocenters. The van der Waals surface area contributed by atoms with Gasteiger partial charge in [0.2, 0.25) is 0 Å². The molecular formula is C21H34O3S. The molecule has 2 bridgehead atoms. The van der Waals surface area contributed by atoms with Crippen molar-refractivity contribution in [3.05, 3.63) is 24.0 Å². The van der Waals surface area contributed by atoms with Crippen LogP contribution in [0.5, 0.6) is 0 Å². The number of hydrogen-bond acceptors (Lipinski definition) is 4. The third-order valence-corrected chi connectivity index (χ3v) is 7.05. The molecule has 2 saturated heterocycles. The number of ether oxygens (including phenoxy) is 1. The molecule has 0 aromatic rings. The molecule has 5 atom stereocenters. The molecule has 2 aliphatic heterocycles. The Balaban J connectivity index is 1.58. The summed E-state index contributed by atoms with van der Waals surface area (Å²) in [5, 5.41) is 20.8. The normalized spacial score (nSPS) is 34.9. The summed E-state index contributed by atoms with van der Waals surface area (Å²) in [6, 6.07) is 0. The minimum absolute atomic E-state index is 0.279. The third kappa shape index (κ3) is 5.05. The van der Waals surface area contributed by atoms with Gasteiger partial charge in [-0.05, 0) is 43.4 Å². The molecule has 3 fully saturated rings. The van der Waals surface area contributed by atoms with Crippen LogP contribution in [0, 0.1) is 17.8 Å². The van der Waals surface area contributed by atoms with Crippen molar-refractivity contribution in [3.63, 3.8) is 0 Å². The average molecular weight is 367 g/mol. The van der Waals surface area contributed by atoms with Crippen LogP contribution in [0.15, 0.2) is 24.0 Å². The van der Waals surface area contributed by atoms with Crippen LogP contribution in [-0.2, 0) is 4.74 Å². The lowest BCUT2D eigenvalue weighted by molar-refractivity contribution is 0.0882. The summed E-state index contributed by atoms with van der Waals surface area (Å²) >= 11 is 1.83. The van der Waals surface area contributed by atoms with Gasteiger partial charge in [-0.25, -0.2) is 0 Å². The molecule has 4 heteroatoms. The van der Waals surface area contributed by atoms with Crippen molar-refractivity contribution < 1.29 is 14.9 Å². The quantitative estimate of drug-likeness (QED) is 0.366. The van der Waals surface area contributed by atoms with Gasteiger partial charge in [0, 0.05) is 24.0 Å². The lowest BCUT2D eigenvalue weighted by Gasteiger charge is -2.27. The lowest BCUT2D eigenvalue weighted by Crippen LogP contribution is -2.27. The number of allylic oxidation sites excluding steroid dienone is 1. The van der Waals surface area contributed by atoms with E-state index in [4.69, 9.17) is 4.74 Å². The fourth-order valence-electron chi connectivity index (χ4n) is 4.82. The van der Waals surface area contributed by atoms with E-state index in [1.54, 1.807) is 0 Å². The predicted molar refractivity (Wildman–Crippen MR) is 105 cm³/mol. The summed E-state index contributed by atoms with van der Waals surface area (Å²) in [6.45, 7) is 2.14. The van der Waals surface area contributed by atoms with Crippen LogP contribution in [0.2, 0.25) is 0 Å². The van der Waals surface area contributed by atoms with E-state index in [2.05, 4.69) is 13.0 Å². The van der Waals surface area contributed by atoms with E-state index in [9.17, 15) is 10.2 Å². The number of rotatable bonds is 8. The zero-order valence-corrected chi connectivity index (χ0v) is 16.3. The summed E-state index contributed by atoms with van der Waals surface area (Å²) in [7, 11) is 0. The van der Waals surface area contributed by atoms with Gasteiger partial charge in [-0.1, -0.05) is 38.3 Å². The monoisotopic (exact) mass is 366 g/mol. The smallest absolute Gasteiger partial charge is 0.0895 e. The van der Waals surface area contributed by atoms with E-state index < -0.39 is 0 Å². The molecule has 0 spiro atoms. The SMILES string of the molecule is CCSC/C=C(/O)C[C@@H]1[C@H](/C=C/C(O)C2CCCCC2)[C@@H]2CC[C@H]1O2. The molecule has 0 aromatic heterocycles. The van der Waals surface area contributed by atoms with Crippen molar-refractivity contribution >= 4 is 11.8 Å². The zero-order valence-electron chi connectivity index (χ0n) is 15.5. The van der Waals surface area contributed by atoms with Gasteiger partial charge in [-0.3, -0.25) is 0 Å². The second-order valence-electron chi connectivity index (χ2n) is 7.86. The molecule has 1 saturated carbocycles. The Bertz CT molecular complexity index is 470. The van der Waals surface area contributed by atoms with Gasteiger partial charge < -0.3 is 14.9 Å². The number of aliphatic hydroxyl groups excluding tert-OH is 2. The van der Waals surface area contributed by atoms with Crippen LogP contribution in [0.3, 0.4) is 0 Å². The van der Waals surface area contributed by atoms with Crippen molar-refractivity contribution in [1.29, 1.82) is 0 Å². The molecule has 0 aromatic carbocycles. The van der Waals surface area contributed by atoms with E-state index in [1.807, 2.05) is 23.9 Å². The van der Waals surface area contributed by atoms with Crippen molar-refractivity contribution in [2.24, 2.45) is 17.8 Å². The molecule has 25 heavy (non-hydrogen) atoms. The maximum Gasteiger partial charge on any atom is 0.0895 e. The van der Waals surface area contributed by atoms with Gasteiger partial charge in [-0.2, -0.15) is 11.8 Å².